The van der Waals surface area contributed by atoms with Gasteiger partial charge in [-0.25, -0.2) is 0 Å². The standard InChI is InChI=1S/C13H16N2O4S.C11H14N2O3S.BPS/c1-9(16)13(2,3)8-19-12(20)14-10-4-6-11(7-5-10)15(17)18;1-2-3-8-16-11(17)12-9-4-6-10(7-5-9)13(14)15;1-2-3/h4-7H,8H2,1-3H3,(H,14,20);4-7H,2-3,8H2,1H3,(H,12,17);. The van der Waals surface area contributed by atoms with E-state index in [1.165, 1.54) is 43.3 Å². The number of benzene rings is 2. The summed E-state index contributed by atoms with van der Waals surface area (Å²) in [6.07, 6.45) is 1.99. The summed E-state index contributed by atoms with van der Waals surface area (Å²) < 4.78 is 10.6. The molecule has 0 aromatic heterocycles. The Hall–Kier alpha value is -3.13. The number of rotatable bonds is 10. The van der Waals surface area contributed by atoms with Crippen LogP contribution in [0.25, 0.3) is 0 Å². The van der Waals surface area contributed by atoms with Crippen molar-refractivity contribution in [3.63, 3.8) is 0 Å². The van der Waals surface area contributed by atoms with Crippen molar-refractivity contribution in [2.45, 2.75) is 40.5 Å². The number of ether oxygens (including phenoxy) is 2. The quantitative estimate of drug-likeness (QED) is 0.0742. The third kappa shape index (κ3) is 16.1. The summed E-state index contributed by atoms with van der Waals surface area (Å²) in [5.74, 6) is 0.00985. The second-order valence-electron chi connectivity index (χ2n) is 8.47. The molecule has 2 N–H and O–H groups in total. The van der Waals surface area contributed by atoms with Gasteiger partial charge in [-0.1, -0.05) is 32.4 Å². The first-order valence-corrected chi connectivity index (χ1v) is 14.5. The Morgan fingerprint density at radius 2 is 1.30 bits per heavy atom. The normalized spacial score (nSPS) is 10.0. The van der Waals surface area contributed by atoms with E-state index in [2.05, 4.69) is 36.9 Å². The summed E-state index contributed by atoms with van der Waals surface area (Å²) in [6, 6.07) is 11.8. The van der Waals surface area contributed by atoms with Crippen molar-refractivity contribution in [1.29, 1.82) is 0 Å². The molecule has 0 aliphatic rings. The molecule has 11 nitrogen and oxygen atoms in total. The van der Waals surface area contributed by atoms with Crippen LogP contribution in [0.4, 0.5) is 22.7 Å². The van der Waals surface area contributed by atoms with Crippen LogP contribution in [-0.4, -0.2) is 46.8 Å². The maximum atomic E-state index is 11.3. The number of hydrogen-bond acceptors (Lipinski definition) is 10. The number of unbranched alkanes of at least 4 members (excludes halogenated alkanes) is 1. The monoisotopic (exact) mass is 624 g/mol. The minimum atomic E-state index is -0.610. The van der Waals surface area contributed by atoms with Gasteiger partial charge < -0.3 is 20.1 Å². The molecule has 2 rings (SSSR count). The average Bonchev–Trinajstić information content (AvgIpc) is 2.89. The summed E-state index contributed by atoms with van der Waals surface area (Å²) in [7, 11) is 5.13. The lowest BCUT2D eigenvalue weighted by atomic mass is 9.90. The molecule has 40 heavy (non-hydrogen) atoms. The molecule has 0 aliphatic heterocycles. The number of carbonyl (C=O) groups is 1. The van der Waals surface area contributed by atoms with E-state index >= 15 is 0 Å². The predicted molar refractivity (Wildman–Crippen MR) is 170 cm³/mol. The number of carbonyl (C=O) groups excluding carboxylic acids is 1. The number of Topliss-reactive ketones (excluding diaryl/α,β-unsaturated/α-hetero) is 1. The zero-order valence-corrected chi connectivity index (χ0v) is 25.8. The zero-order chi connectivity index (χ0) is 30.7. The molecular formula is C24H30BN4O7PS3. The fourth-order valence-electron chi connectivity index (χ4n) is 2.30. The molecular weight excluding hydrogens is 594 g/mol. The van der Waals surface area contributed by atoms with Crippen molar-refractivity contribution >= 4 is 89.9 Å². The van der Waals surface area contributed by atoms with Crippen molar-refractivity contribution in [2.24, 2.45) is 5.41 Å². The number of thiocarbonyl (C=S) groups is 2. The second kappa shape index (κ2) is 19.9. The van der Waals surface area contributed by atoms with Crippen LogP contribution >= 0.6 is 31.7 Å². The number of ketones is 1. The highest BCUT2D eigenvalue weighted by Crippen LogP contribution is 2.19. The molecule has 0 aliphatic carbocycles. The largest absolute Gasteiger partial charge is 0.471 e. The number of nitrogens with zero attached hydrogens (tertiary/aromatic N) is 2. The maximum absolute atomic E-state index is 11.3. The number of hydrogen-bond donors (Lipinski definition) is 2. The second-order valence-corrected chi connectivity index (χ2v) is 10.1. The zero-order valence-electron chi connectivity index (χ0n) is 22.4. The van der Waals surface area contributed by atoms with Gasteiger partial charge in [-0.15, -0.1) is 0 Å². The SMILES string of the molecule is CC(=O)C(C)(C)COC(=S)Nc1ccc([N+](=O)[O-])cc1.CCCCOC(=S)Nc1ccc([N+](=O)[O-])cc1.[B]P=S. The molecule has 2 aromatic carbocycles. The molecule has 0 saturated heterocycles. The third-order valence-electron chi connectivity index (χ3n) is 4.90. The molecule has 0 spiro atoms. The summed E-state index contributed by atoms with van der Waals surface area (Å²) in [4.78, 5) is 31.4. The topological polar surface area (TPSA) is 146 Å². The van der Waals surface area contributed by atoms with E-state index in [1.54, 1.807) is 26.0 Å². The highest BCUT2D eigenvalue weighted by Gasteiger charge is 2.25. The molecule has 0 bridgehead atoms. The highest BCUT2D eigenvalue weighted by molar-refractivity contribution is 8.07. The Bertz CT molecular complexity index is 1150. The van der Waals surface area contributed by atoms with Gasteiger partial charge in [0, 0.05) is 35.6 Å². The molecule has 16 heteroatoms. The Morgan fingerprint density at radius 1 is 0.925 bits per heavy atom. The smallest absolute Gasteiger partial charge is 0.269 e. The van der Waals surface area contributed by atoms with Crippen LogP contribution in [0, 0.1) is 25.6 Å². The average molecular weight is 625 g/mol. The lowest BCUT2D eigenvalue weighted by molar-refractivity contribution is -0.385. The van der Waals surface area contributed by atoms with Gasteiger partial charge in [0.2, 0.25) is 0 Å². The molecule has 0 heterocycles. The Labute approximate surface area is 251 Å². The Kier molecular flexibility index (Phi) is 18.3. The molecule has 2 aromatic rings. The van der Waals surface area contributed by atoms with Gasteiger partial charge in [-0.3, -0.25) is 25.0 Å². The lowest BCUT2D eigenvalue weighted by Gasteiger charge is -2.21. The lowest BCUT2D eigenvalue weighted by Crippen LogP contribution is -2.30. The number of nitrogens with one attached hydrogen (secondary N) is 2. The molecule has 2 radical (unpaired) electrons. The molecule has 0 atom stereocenters. The number of nitro benzene ring substituents is 2. The number of anilines is 2. The van der Waals surface area contributed by atoms with Crippen LogP contribution < -0.4 is 10.6 Å². The van der Waals surface area contributed by atoms with Crippen molar-refractivity contribution < 1.29 is 24.1 Å². The van der Waals surface area contributed by atoms with Gasteiger partial charge in [0.1, 0.15) is 12.4 Å². The van der Waals surface area contributed by atoms with Crippen molar-refractivity contribution in [3.8, 4) is 0 Å². The molecule has 0 amide bonds. The van der Waals surface area contributed by atoms with Crippen LogP contribution in [0.1, 0.15) is 40.5 Å². The van der Waals surface area contributed by atoms with Crippen LogP contribution in [-0.2, 0) is 26.1 Å². The minimum Gasteiger partial charge on any atom is -0.471 e. The van der Waals surface area contributed by atoms with E-state index in [0.717, 1.165) is 12.8 Å². The van der Waals surface area contributed by atoms with Crippen LogP contribution in [0.5, 0.6) is 0 Å². The Morgan fingerprint density at radius 3 is 1.62 bits per heavy atom. The first-order chi connectivity index (χ1) is 18.8. The van der Waals surface area contributed by atoms with Crippen LogP contribution in [0.3, 0.4) is 0 Å². The minimum absolute atomic E-state index is 0.0000924. The maximum Gasteiger partial charge on any atom is 0.269 e. The number of nitro groups is 2. The fraction of sp³-hybridized carbons (Fsp3) is 0.375. The van der Waals surface area contributed by atoms with Crippen LogP contribution in [0.2, 0.25) is 0 Å². The number of non-ortho nitro benzene ring substituents is 2. The van der Waals surface area contributed by atoms with E-state index in [4.69, 9.17) is 33.9 Å². The fourth-order valence-corrected chi connectivity index (χ4v) is 2.68. The van der Waals surface area contributed by atoms with Gasteiger partial charge in [0.05, 0.1) is 21.9 Å². The molecule has 0 saturated carbocycles. The predicted octanol–water partition coefficient (Wildman–Crippen LogP) is 6.51. The molecule has 214 valence electrons. The third-order valence-corrected chi connectivity index (χ3v) is 5.34. The van der Waals surface area contributed by atoms with Crippen molar-refractivity contribution in [3.05, 3.63) is 68.8 Å². The van der Waals surface area contributed by atoms with Gasteiger partial charge in [0.25, 0.3) is 21.7 Å². The Balaban J connectivity index is 0.000000699. The van der Waals surface area contributed by atoms with Gasteiger partial charge >= 0.3 is 0 Å². The highest BCUT2D eigenvalue weighted by atomic mass is 32.4. The summed E-state index contributed by atoms with van der Waals surface area (Å²) in [5.41, 5.74) is 0.702. The summed E-state index contributed by atoms with van der Waals surface area (Å²) in [5, 5.41) is 27.0. The molecule has 0 unspecified atom stereocenters. The molecule has 0 fully saturated rings. The van der Waals surface area contributed by atoms with Gasteiger partial charge in [-0.2, -0.15) is 0 Å². The summed E-state index contributed by atoms with van der Waals surface area (Å²) >= 11 is 14.1. The first-order valence-electron chi connectivity index (χ1n) is 11.7. The van der Waals surface area contributed by atoms with Crippen molar-refractivity contribution in [1.82, 2.24) is 0 Å². The van der Waals surface area contributed by atoms with Crippen LogP contribution in [0.15, 0.2) is 48.5 Å². The van der Waals surface area contributed by atoms with E-state index in [9.17, 15) is 25.0 Å². The van der Waals surface area contributed by atoms with E-state index in [0.29, 0.717) is 25.2 Å². The van der Waals surface area contributed by atoms with E-state index in [-0.39, 0.29) is 34.1 Å². The van der Waals surface area contributed by atoms with Crippen molar-refractivity contribution in [2.75, 3.05) is 23.8 Å². The van der Waals surface area contributed by atoms with E-state index in [1.807, 2.05) is 0 Å². The summed E-state index contributed by atoms with van der Waals surface area (Å²) in [6.45, 7) is 7.84. The van der Waals surface area contributed by atoms with E-state index < -0.39 is 15.3 Å². The van der Waals surface area contributed by atoms with Gasteiger partial charge in [0.15, 0.2) is 7.57 Å². The van der Waals surface area contributed by atoms with Gasteiger partial charge in [-0.05, 0) is 75.9 Å². The first kappa shape index (κ1) is 36.9.